The Morgan fingerprint density at radius 2 is 1.81 bits per heavy atom. The van der Waals surface area contributed by atoms with E-state index in [4.69, 9.17) is 27.6 Å². The van der Waals surface area contributed by atoms with Gasteiger partial charge in [0.25, 0.3) is 5.89 Å². The minimum atomic E-state index is -5.17. The number of carbonyl (C=O) groups excluding carboxylic acids is 1. The number of aromatic nitrogens is 3. The second kappa shape index (κ2) is 6.93. The van der Waals surface area contributed by atoms with Gasteiger partial charge in [-0.05, 0) is 30.3 Å². The van der Waals surface area contributed by atoms with E-state index >= 15 is 0 Å². The molecule has 6 nitrogen and oxygen atoms in total. The molecule has 0 unspecified atom stereocenters. The van der Waals surface area contributed by atoms with Crippen molar-refractivity contribution < 1.29 is 27.1 Å². The van der Waals surface area contributed by atoms with Crippen LogP contribution in [0.1, 0.15) is 0 Å². The normalized spacial score (nSPS) is 11.4. The zero-order chi connectivity index (χ0) is 18.9. The molecule has 0 radical (unpaired) electrons. The van der Waals surface area contributed by atoms with Crippen LogP contribution in [0.5, 0.6) is 5.88 Å². The number of hydrogen-bond acceptors (Lipinski definition) is 6. The molecular formula is C15H6Cl2F3N3O3. The highest BCUT2D eigenvalue weighted by Gasteiger charge is 2.42. The third-order valence-electron chi connectivity index (χ3n) is 3.01. The van der Waals surface area contributed by atoms with Gasteiger partial charge in [-0.2, -0.15) is 13.2 Å². The molecule has 2 aromatic heterocycles. The summed E-state index contributed by atoms with van der Waals surface area (Å²) in [7, 11) is 0. The van der Waals surface area contributed by atoms with Crippen molar-refractivity contribution >= 4 is 29.2 Å². The molecule has 11 heteroatoms. The van der Waals surface area contributed by atoms with Crippen molar-refractivity contribution in [3.8, 4) is 28.8 Å². The summed E-state index contributed by atoms with van der Waals surface area (Å²) in [5.74, 6) is -3.18. The van der Waals surface area contributed by atoms with Crippen LogP contribution in [0.2, 0.25) is 10.0 Å². The molecule has 0 N–H and O–H groups in total. The average Bonchev–Trinajstić information content (AvgIpc) is 3.07. The summed E-state index contributed by atoms with van der Waals surface area (Å²) in [6.07, 6.45) is -4.02. The summed E-state index contributed by atoms with van der Waals surface area (Å²) in [6, 6.07) is 7.29. The largest absolute Gasteiger partial charge is 0.491 e. The number of hydrogen-bond donors (Lipinski definition) is 0. The van der Waals surface area contributed by atoms with E-state index in [0.717, 1.165) is 6.20 Å². The Hall–Kier alpha value is -2.65. The zero-order valence-corrected chi connectivity index (χ0v) is 13.9. The van der Waals surface area contributed by atoms with Crippen molar-refractivity contribution in [3.63, 3.8) is 0 Å². The summed E-state index contributed by atoms with van der Waals surface area (Å²) >= 11 is 11.7. The molecule has 0 bridgehead atoms. The van der Waals surface area contributed by atoms with Gasteiger partial charge in [-0.15, -0.1) is 10.2 Å². The maximum atomic E-state index is 12.4. The van der Waals surface area contributed by atoms with E-state index in [9.17, 15) is 18.0 Å². The standard InChI is InChI=1S/C15H6Cl2F3N3O3/c16-9-4-3-7(6-10(9)17)11-22-23-13(25-11)8-2-1-5-21-12(8)26-14(24)15(18,19)20/h1-6H. The van der Waals surface area contributed by atoms with Crippen LogP contribution in [0.15, 0.2) is 40.9 Å². The molecule has 0 aliphatic heterocycles. The van der Waals surface area contributed by atoms with Gasteiger partial charge in [0.15, 0.2) is 0 Å². The number of esters is 1. The first-order chi connectivity index (χ1) is 12.3. The molecule has 0 aliphatic rings. The highest BCUT2D eigenvalue weighted by atomic mass is 35.5. The summed E-state index contributed by atoms with van der Waals surface area (Å²) in [6.45, 7) is 0. The van der Waals surface area contributed by atoms with Crippen molar-refractivity contribution in [1.29, 1.82) is 0 Å². The van der Waals surface area contributed by atoms with Gasteiger partial charge in [-0.1, -0.05) is 23.2 Å². The predicted molar refractivity (Wildman–Crippen MR) is 84.7 cm³/mol. The van der Waals surface area contributed by atoms with Gasteiger partial charge in [0.1, 0.15) is 5.56 Å². The lowest BCUT2D eigenvalue weighted by atomic mass is 10.2. The lowest BCUT2D eigenvalue weighted by Crippen LogP contribution is -2.28. The second-order valence-corrected chi connectivity index (χ2v) is 5.60. The maximum Gasteiger partial charge on any atom is 0.491 e. The Morgan fingerprint density at radius 1 is 1.08 bits per heavy atom. The third-order valence-corrected chi connectivity index (χ3v) is 3.75. The monoisotopic (exact) mass is 403 g/mol. The van der Waals surface area contributed by atoms with Gasteiger partial charge >= 0.3 is 12.1 Å². The summed E-state index contributed by atoms with van der Waals surface area (Å²) in [5.41, 5.74) is 0.361. The van der Waals surface area contributed by atoms with Crippen LogP contribution in [0.3, 0.4) is 0 Å². The van der Waals surface area contributed by atoms with Gasteiger partial charge in [0, 0.05) is 11.8 Å². The molecule has 0 amide bonds. The maximum absolute atomic E-state index is 12.4. The zero-order valence-electron chi connectivity index (χ0n) is 12.4. The number of halogens is 5. The fourth-order valence-corrected chi connectivity index (χ4v) is 2.16. The van der Waals surface area contributed by atoms with Gasteiger partial charge in [-0.3, -0.25) is 0 Å². The van der Waals surface area contributed by atoms with Gasteiger partial charge in [-0.25, -0.2) is 9.78 Å². The van der Waals surface area contributed by atoms with E-state index in [1.165, 1.54) is 24.3 Å². The van der Waals surface area contributed by atoms with Crippen LogP contribution in [-0.2, 0) is 4.79 Å². The number of rotatable bonds is 3. The minimum Gasteiger partial charge on any atom is -0.416 e. The molecule has 0 atom stereocenters. The number of nitrogens with zero attached hydrogens (tertiary/aromatic N) is 3. The number of benzene rings is 1. The quantitative estimate of drug-likeness (QED) is 0.595. The van der Waals surface area contributed by atoms with Crippen LogP contribution in [0, 0.1) is 0 Å². The molecule has 0 aliphatic carbocycles. The second-order valence-electron chi connectivity index (χ2n) is 4.78. The highest BCUT2D eigenvalue weighted by Crippen LogP contribution is 2.32. The number of carbonyl (C=O) groups is 1. The highest BCUT2D eigenvalue weighted by molar-refractivity contribution is 6.42. The van der Waals surface area contributed by atoms with Crippen LogP contribution < -0.4 is 4.74 Å². The summed E-state index contributed by atoms with van der Waals surface area (Å²) in [5, 5.41) is 8.11. The van der Waals surface area contributed by atoms with Gasteiger partial charge in [0.2, 0.25) is 11.8 Å². The van der Waals surface area contributed by atoms with E-state index in [1.807, 2.05) is 0 Å². The smallest absolute Gasteiger partial charge is 0.416 e. The van der Waals surface area contributed by atoms with E-state index in [-0.39, 0.29) is 22.4 Å². The molecule has 1 aromatic carbocycles. The van der Waals surface area contributed by atoms with E-state index in [0.29, 0.717) is 10.6 Å². The number of alkyl halides is 3. The van der Waals surface area contributed by atoms with Crippen molar-refractivity contribution in [1.82, 2.24) is 15.2 Å². The molecule has 0 saturated heterocycles. The van der Waals surface area contributed by atoms with E-state index < -0.39 is 18.0 Å². The van der Waals surface area contributed by atoms with Crippen LogP contribution in [-0.4, -0.2) is 27.3 Å². The van der Waals surface area contributed by atoms with Crippen molar-refractivity contribution in [2.45, 2.75) is 6.18 Å². The molecule has 2 heterocycles. The van der Waals surface area contributed by atoms with Crippen LogP contribution in [0.4, 0.5) is 13.2 Å². The molecular weight excluding hydrogens is 398 g/mol. The molecule has 3 aromatic rings. The topological polar surface area (TPSA) is 78.1 Å². The van der Waals surface area contributed by atoms with Crippen molar-refractivity contribution in [2.75, 3.05) is 0 Å². The Balaban J connectivity index is 1.95. The Morgan fingerprint density at radius 3 is 2.50 bits per heavy atom. The first kappa shape index (κ1) is 18.2. The van der Waals surface area contributed by atoms with Crippen molar-refractivity contribution in [2.24, 2.45) is 0 Å². The Bertz CT molecular complexity index is 976. The fourth-order valence-electron chi connectivity index (χ4n) is 1.86. The van der Waals surface area contributed by atoms with Crippen molar-refractivity contribution in [3.05, 3.63) is 46.6 Å². The molecule has 3 rings (SSSR count). The molecule has 134 valence electrons. The first-order valence-corrected chi connectivity index (χ1v) is 7.54. The SMILES string of the molecule is O=C(Oc1ncccc1-c1nnc(-c2ccc(Cl)c(Cl)c2)o1)C(F)(F)F. The Labute approximate surface area is 153 Å². The van der Waals surface area contributed by atoms with E-state index in [1.54, 1.807) is 6.07 Å². The average molecular weight is 404 g/mol. The molecule has 0 saturated carbocycles. The number of pyridine rings is 1. The lowest BCUT2D eigenvalue weighted by Gasteiger charge is -2.07. The first-order valence-electron chi connectivity index (χ1n) is 6.79. The lowest BCUT2D eigenvalue weighted by molar-refractivity contribution is -0.189. The number of ether oxygens (including phenoxy) is 1. The predicted octanol–water partition coefficient (Wildman–Crippen LogP) is 4.57. The van der Waals surface area contributed by atoms with Crippen LogP contribution >= 0.6 is 23.2 Å². The van der Waals surface area contributed by atoms with Crippen LogP contribution in [0.25, 0.3) is 22.9 Å². The molecule has 26 heavy (non-hydrogen) atoms. The molecule has 0 spiro atoms. The van der Waals surface area contributed by atoms with Gasteiger partial charge in [0.05, 0.1) is 10.0 Å². The van der Waals surface area contributed by atoms with Gasteiger partial charge < -0.3 is 9.15 Å². The third kappa shape index (κ3) is 3.78. The molecule has 0 fully saturated rings. The fraction of sp³-hybridized carbons (Fsp3) is 0.0667. The summed E-state index contributed by atoms with van der Waals surface area (Å²) in [4.78, 5) is 14.6. The summed E-state index contributed by atoms with van der Waals surface area (Å²) < 4.78 is 46.9. The van der Waals surface area contributed by atoms with E-state index in [2.05, 4.69) is 19.9 Å². The minimum absolute atomic E-state index is 0.0375. The Kier molecular flexibility index (Phi) is 4.84.